The van der Waals surface area contributed by atoms with Crippen LogP contribution in [0.15, 0.2) is 18.2 Å². The van der Waals surface area contributed by atoms with Gasteiger partial charge in [0.05, 0.1) is 18.3 Å². The molecule has 1 aromatic carbocycles. The summed E-state index contributed by atoms with van der Waals surface area (Å²) in [6.45, 7) is 2.17. The van der Waals surface area contributed by atoms with Gasteiger partial charge in [-0.15, -0.1) is 0 Å². The number of aliphatic hydroxyl groups is 1. The monoisotopic (exact) mass is 258 g/mol. The van der Waals surface area contributed by atoms with E-state index in [-0.39, 0.29) is 6.61 Å². The van der Waals surface area contributed by atoms with Gasteiger partial charge < -0.3 is 9.84 Å². The molecule has 2 heteroatoms. The number of benzene rings is 1. The minimum absolute atomic E-state index is 0.109. The molecular weight excluding hydrogens is 236 g/mol. The molecule has 19 heavy (non-hydrogen) atoms. The lowest BCUT2D eigenvalue weighted by atomic mass is 9.97. The summed E-state index contributed by atoms with van der Waals surface area (Å²) in [6.07, 6.45) is 7.02. The minimum atomic E-state index is 0.109. The van der Waals surface area contributed by atoms with Gasteiger partial charge in [0.2, 0.25) is 0 Å². The first-order valence-corrected chi connectivity index (χ1v) is 7.16. The molecule has 0 unspecified atom stereocenters. The van der Waals surface area contributed by atoms with Crippen molar-refractivity contribution >= 4 is 0 Å². The van der Waals surface area contributed by atoms with Gasteiger partial charge in [-0.05, 0) is 50.3 Å². The van der Waals surface area contributed by atoms with Crippen LogP contribution in [-0.2, 0) is 0 Å². The molecule has 1 saturated carbocycles. The smallest absolute Gasteiger partial charge is 0.135 e. The molecule has 0 amide bonds. The van der Waals surface area contributed by atoms with Gasteiger partial charge in [0.25, 0.3) is 0 Å². The van der Waals surface area contributed by atoms with Crippen LogP contribution >= 0.6 is 0 Å². The van der Waals surface area contributed by atoms with Crippen molar-refractivity contribution in [3.8, 4) is 17.6 Å². The highest BCUT2D eigenvalue weighted by molar-refractivity contribution is 5.48. The Bertz CT molecular complexity index is 462. The third kappa shape index (κ3) is 4.29. The second kappa shape index (κ2) is 7.21. The van der Waals surface area contributed by atoms with E-state index in [0.717, 1.165) is 24.2 Å². The summed E-state index contributed by atoms with van der Waals surface area (Å²) in [4.78, 5) is 0. The summed E-state index contributed by atoms with van der Waals surface area (Å²) in [6, 6.07) is 6.14. The summed E-state index contributed by atoms with van der Waals surface area (Å²) >= 11 is 0. The molecule has 102 valence electrons. The van der Waals surface area contributed by atoms with Crippen molar-refractivity contribution in [1.29, 1.82) is 0 Å². The summed E-state index contributed by atoms with van der Waals surface area (Å²) < 4.78 is 6.11. The van der Waals surface area contributed by atoms with E-state index in [4.69, 9.17) is 9.84 Å². The molecular formula is C17H22O2. The van der Waals surface area contributed by atoms with Crippen LogP contribution in [0.2, 0.25) is 0 Å². The second-order valence-corrected chi connectivity index (χ2v) is 5.15. The van der Waals surface area contributed by atoms with E-state index in [1.165, 1.54) is 24.8 Å². The largest absolute Gasteiger partial charge is 0.489 e. The van der Waals surface area contributed by atoms with Gasteiger partial charge in [0, 0.05) is 6.42 Å². The quantitative estimate of drug-likeness (QED) is 0.842. The fraction of sp³-hybridized carbons (Fsp3) is 0.529. The Kier molecular flexibility index (Phi) is 5.30. The molecule has 0 spiro atoms. The topological polar surface area (TPSA) is 29.5 Å². The third-order valence-corrected chi connectivity index (χ3v) is 3.44. The highest BCUT2D eigenvalue weighted by atomic mass is 16.5. The SMILES string of the molecule is Cc1ccc(OC2CCCCC2)c(C#CCCO)c1. The van der Waals surface area contributed by atoms with Crippen molar-refractivity contribution in [2.45, 2.75) is 51.6 Å². The number of hydrogen-bond donors (Lipinski definition) is 1. The van der Waals surface area contributed by atoms with Crippen LogP contribution in [0.25, 0.3) is 0 Å². The predicted molar refractivity (Wildman–Crippen MR) is 77.3 cm³/mol. The first kappa shape index (κ1) is 14.0. The van der Waals surface area contributed by atoms with Gasteiger partial charge in [-0.1, -0.05) is 24.3 Å². The maximum atomic E-state index is 8.80. The molecule has 2 nitrogen and oxygen atoms in total. The van der Waals surface area contributed by atoms with Crippen LogP contribution in [0.1, 0.15) is 49.7 Å². The fourth-order valence-corrected chi connectivity index (χ4v) is 2.42. The second-order valence-electron chi connectivity index (χ2n) is 5.15. The van der Waals surface area contributed by atoms with Crippen molar-refractivity contribution < 1.29 is 9.84 Å². The first-order chi connectivity index (χ1) is 9.29. The van der Waals surface area contributed by atoms with Gasteiger partial charge in [-0.3, -0.25) is 0 Å². The van der Waals surface area contributed by atoms with E-state index < -0.39 is 0 Å². The average Bonchev–Trinajstić information content (AvgIpc) is 2.43. The van der Waals surface area contributed by atoms with Crippen molar-refractivity contribution in [3.05, 3.63) is 29.3 Å². The number of ether oxygens (including phenoxy) is 1. The van der Waals surface area contributed by atoms with E-state index in [2.05, 4.69) is 30.9 Å². The number of hydrogen-bond acceptors (Lipinski definition) is 2. The summed E-state index contributed by atoms with van der Waals surface area (Å²) in [5.41, 5.74) is 2.13. The fourth-order valence-electron chi connectivity index (χ4n) is 2.42. The maximum Gasteiger partial charge on any atom is 0.135 e. The number of rotatable bonds is 3. The lowest BCUT2D eigenvalue weighted by Crippen LogP contribution is -2.20. The molecule has 1 aliphatic rings. The molecule has 0 radical (unpaired) electrons. The van der Waals surface area contributed by atoms with Gasteiger partial charge in [0.1, 0.15) is 5.75 Å². The highest BCUT2D eigenvalue weighted by Gasteiger charge is 2.16. The Morgan fingerprint density at radius 3 is 2.79 bits per heavy atom. The van der Waals surface area contributed by atoms with Gasteiger partial charge >= 0.3 is 0 Å². The Hall–Kier alpha value is -1.46. The zero-order valence-electron chi connectivity index (χ0n) is 11.6. The standard InChI is InChI=1S/C17H22O2/c1-14-10-11-17(15(13-14)7-5-6-12-18)19-16-8-3-2-4-9-16/h10-11,13,16,18H,2-4,6,8-9,12H2,1H3. The van der Waals surface area contributed by atoms with E-state index in [9.17, 15) is 0 Å². The molecule has 0 bridgehead atoms. The lowest BCUT2D eigenvalue weighted by Gasteiger charge is -2.23. The zero-order chi connectivity index (χ0) is 13.5. The molecule has 1 fully saturated rings. The summed E-state index contributed by atoms with van der Waals surface area (Å²) in [5.74, 6) is 6.98. The van der Waals surface area contributed by atoms with E-state index >= 15 is 0 Å². The van der Waals surface area contributed by atoms with Crippen LogP contribution in [-0.4, -0.2) is 17.8 Å². The molecule has 0 heterocycles. The van der Waals surface area contributed by atoms with Crippen molar-refractivity contribution in [2.24, 2.45) is 0 Å². The average molecular weight is 258 g/mol. The molecule has 0 saturated heterocycles. The van der Waals surface area contributed by atoms with E-state index in [1.54, 1.807) is 0 Å². The van der Waals surface area contributed by atoms with E-state index in [0.29, 0.717) is 12.5 Å². The molecule has 2 rings (SSSR count). The predicted octanol–water partition coefficient (Wildman–Crippen LogP) is 3.44. The molecule has 0 aromatic heterocycles. The molecule has 0 aliphatic heterocycles. The zero-order valence-corrected chi connectivity index (χ0v) is 11.6. The van der Waals surface area contributed by atoms with Crippen LogP contribution in [0, 0.1) is 18.8 Å². The Balaban J connectivity index is 2.12. The summed E-state index contributed by atoms with van der Waals surface area (Å²) in [7, 11) is 0. The lowest BCUT2D eigenvalue weighted by molar-refractivity contribution is 0.154. The van der Waals surface area contributed by atoms with Crippen molar-refractivity contribution in [3.63, 3.8) is 0 Å². The Morgan fingerprint density at radius 1 is 1.26 bits per heavy atom. The molecule has 1 aromatic rings. The maximum absolute atomic E-state index is 8.80. The van der Waals surface area contributed by atoms with Crippen LogP contribution in [0.3, 0.4) is 0 Å². The van der Waals surface area contributed by atoms with Crippen molar-refractivity contribution in [2.75, 3.05) is 6.61 Å². The molecule has 1 N–H and O–H groups in total. The first-order valence-electron chi connectivity index (χ1n) is 7.16. The van der Waals surface area contributed by atoms with Crippen LogP contribution in [0.4, 0.5) is 0 Å². The normalized spacial score (nSPS) is 15.7. The highest BCUT2D eigenvalue weighted by Crippen LogP contribution is 2.26. The van der Waals surface area contributed by atoms with Crippen LogP contribution < -0.4 is 4.74 Å². The number of aliphatic hydroxyl groups excluding tert-OH is 1. The molecule has 1 aliphatic carbocycles. The van der Waals surface area contributed by atoms with Crippen molar-refractivity contribution in [1.82, 2.24) is 0 Å². The number of aryl methyl sites for hydroxylation is 1. The third-order valence-electron chi connectivity index (χ3n) is 3.44. The minimum Gasteiger partial charge on any atom is -0.489 e. The molecule has 0 atom stereocenters. The van der Waals surface area contributed by atoms with E-state index in [1.807, 2.05) is 6.07 Å². The summed E-state index contributed by atoms with van der Waals surface area (Å²) in [5, 5.41) is 8.80. The Morgan fingerprint density at radius 2 is 2.05 bits per heavy atom. The van der Waals surface area contributed by atoms with Crippen LogP contribution in [0.5, 0.6) is 5.75 Å². The Labute approximate surface area is 115 Å². The van der Waals surface area contributed by atoms with Gasteiger partial charge in [-0.2, -0.15) is 0 Å². The van der Waals surface area contributed by atoms with Gasteiger partial charge in [-0.25, -0.2) is 0 Å². The van der Waals surface area contributed by atoms with Gasteiger partial charge in [0.15, 0.2) is 0 Å².